The third-order valence-corrected chi connectivity index (χ3v) is 6.43. The first-order valence-corrected chi connectivity index (χ1v) is 10.3. The molecule has 138 valence electrons. The van der Waals surface area contributed by atoms with E-state index in [1.807, 2.05) is 30.3 Å². The molecule has 0 atom stereocenters. The van der Waals surface area contributed by atoms with Gasteiger partial charge in [-0.15, -0.1) is 0 Å². The Balaban J connectivity index is 1.47. The van der Waals surface area contributed by atoms with E-state index < -0.39 is 16.0 Å². The van der Waals surface area contributed by atoms with Gasteiger partial charge < -0.3 is 4.74 Å². The molecule has 1 aliphatic rings. The summed E-state index contributed by atoms with van der Waals surface area (Å²) in [5.41, 5.74) is 2.59. The fraction of sp³-hybridized carbons (Fsp3) is 0.200. The van der Waals surface area contributed by atoms with Gasteiger partial charge in [0.15, 0.2) is 0 Å². The topological polar surface area (TPSA) is 76.6 Å². The number of benzene rings is 2. The van der Waals surface area contributed by atoms with Crippen LogP contribution in [0.4, 0.5) is 5.69 Å². The Bertz CT molecular complexity index is 1090. The van der Waals surface area contributed by atoms with Crippen LogP contribution in [-0.4, -0.2) is 31.7 Å². The Hall–Kier alpha value is -2.93. The van der Waals surface area contributed by atoms with Crippen LogP contribution in [-0.2, 0) is 21.4 Å². The second-order valence-corrected chi connectivity index (χ2v) is 8.37. The van der Waals surface area contributed by atoms with E-state index in [-0.39, 0.29) is 12.4 Å². The molecule has 0 bridgehead atoms. The minimum atomic E-state index is -3.23. The number of hydrogen-bond donors (Lipinski definition) is 0. The maximum absolute atomic E-state index is 12.3. The van der Waals surface area contributed by atoms with Crippen molar-refractivity contribution in [1.82, 2.24) is 4.98 Å². The first-order valence-electron chi connectivity index (χ1n) is 8.65. The number of ether oxygens (including phenoxy) is 1. The molecule has 3 aromatic rings. The van der Waals surface area contributed by atoms with Gasteiger partial charge in [0.1, 0.15) is 6.61 Å². The van der Waals surface area contributed by atoms with Crippen LogP contribution in [0.1, 0.15) is 22.3 Å². The van der Waals surface area contributed by atoms with Gasteiger partial charge in [0, 0.05) is 23.7 Å². The fourth-order valence-corrected chi connectivity index (χ4v) is 4.77. The van der Waals surface area contributed by atoms with Gasteiger partial charge in [-0.3, -0.25) is 9.29 Å². The lowest BCUT2D eigenvalue weighted by molar-refractivity contribution is 0.0474. The van der Waals surface area contributed by atoms with Crippen molar-refractivity contribution in [3.63, 3.8) is 0 Å². The van der Waals surface area contributed by atoms with Crippen molar-refractivity contribution in [3.8, 4) is 0 Å². The Morgan fingerprint density at radius 3 is 2.59 bits per heavy atom. The molecule has 1 aromatic heterocycles. The lowest BCUT2D eigenvalue weighted by Crippen LogP contribution is -2.25. The smallest absolute Gasteiger partial charge is 0.338 e. The van der Waals surface area contributed by atoms with Crippen LogP contribution >= 0.6 is 0 Å². The van der Waals surface area contributed by atoms with Crippen LogP contribution in [0.15, 0.2) is 60.8 Å². The molecular formula is C20H18N2O4S. The molecule has 0 aliphatic carbocycles. The van der Waals surface area contributed by atoms with E-state index in [4.69, 9.17) is 4.74 Å². The molecule has 0 amide bonds. The molecule has 1 saturated heterocycles. The normalized spacial score (nSPS) is 15.8. The van der Waals surface area contributed by atoms with E-state index in [1.54, 1.807) is 30.5 Å². The Labute approximate surface area is 157 Å². The number of pyridine rings is 1. The van der Waals surface area contributed by atoms with E-state index in [0.29, 0.717) is 24.2 Å². The fourth-order valence-electron chi connectivity index (χ4n) is 3.20. The molecule has 4 rings (SSSR count). The second-order valence-electron chi connectivity index (χ2n) is 6.36. The first kappa shape index (κ1) is 17.5. The molecule has 2 aromatic carbocycles. The Morgan fingerprint density at radius 1 is 1.07 bits per heavy atom. The van der Waals surface area contributed by atoms with Crippen molar-refractivity contribution in [1.29, 1.82) is 0 Å². The number of carbonyl (C=O) groups excluding carboxylic acids is 1. The van der Waals surface area contributed by atoms with Gasteiger partial charge in [-0.05, 0) is 36.8 Å². The summed E-state index contributed by atoms with van der Waals surface area (Å²) in [6, 6.07) is 16.0. The highest BCUT2D eigenvalue weighted by atomic mass is 32.2. The summed E-state index contributed by atoms with van der Waals surface area (Å²) in [5.74, 6) is -0.297. The lowest BCUT2D eigenvalue weighted by Gasteiger charge is -2.16. The van der Waals surface area contributed by atoms with Gasteiger partial charge in [-0.25, -0.2) is 13.2 Å². The standard InChI is InChI=1S/C20H18N2O4S/c23-20(26-14-17-5-1-4-15-6-2-11-21-19(15)17)16-7-9-18(10-8-16)22-12-3-13-27(22,24)25/h1-2,4-11H,3,12-14H2. The van der Waals surface area contributed by atoms with Crippen LogP contribution in [0, 0.1) is 0 Å². The molecule has 1 aliphatic heterocycles. The number of sulfonamides is 1. The monoisotopic (exact) mass is 382 g/mol. The predicted octanol–water partition coefficient (Wildman–Crippen LogP) is 3.13. The molecule has 0 unspecified atom stereocenters. The number of esters is 1. The predicted molar refractivity (Wildman–Crippen MR) is 103 cm³/mol. The van der Waals surface area contributed by atoms with Crippen molar-refractivity contribution >= 4 is 32.6 Å². The van der Waals surface area contributed by atoms with Gasteiger partial charge in [-0.2, -0.15) is 0 Å². The molecule has 2 heterocycles. The van der Waals surface area contributed by atoms with Gasteiger partial charge >= 0.3 is 5.97 Å². The van der Waals surface area contributed by atoms with E-state index in [2.05, 4.69) is 4.98 Å². The maximum Gasteiger partial charge on any atom is 0.338 e. The highest BCUT2D eigenvalue weighted by molar-refractivity contribution is 7.93. The maximum atomic E-state index is 12.3. The quantitative estimate of drug-likeness (QED) is 0.648. The summed E-state index contributed by atoms with van der Waals surface area (Å²) in [6.45, 7) is 0.593. The zero-order valence-electron chi connectivity index (χ0n) is 14.5. The molecule has 0 spiro atoms. The number of hydrogen-bond acceptors (Lipinski definition) is 5. The average Bonchev–Trinajstić information content (AvgIpc) is 3.05. The summed E-state index contributed by atoms with van der Waals surface area (Å²) in [4.78, 5) is 16.7. The minimum Gasteiger partial charge on any atom is -0.457 e. The third-order valence-electron chi connectivity index (χ3n) is 4.57. The third kappa shape index (κ3) is 3.50. The van der Waals surface area contributed by atoms with Crippen LogP contribution < -0.4 is 4.31 Å². The SMILES string of the molecule is O=C(OCc1cccc2cccnc12)c1ccc(N2CCCS2(=O)=O)cc1. The highest BCUT2D eigenvalue weighted by Crippen LogP contribution is 2.24. The molecule has 0 saturated carbocycles. The van der Waals surface area contributed by atoms with Crippen molar-refractivity contribution in [2.24, 2.45) is 0 Å². The molecule has 0 N–H and O–H groups in total. The van der Waals surface area contributed by atoms with Gasteiger partial charge in [0.25, 0.3) is 0 Å². The molecule has 7 heteroatoms. The van der Waals surface area contributed by atoms with Gasteiger partial charge in [0.05, 0.1) is 22.5 Å². The van der Waals surface area contributed by atoms with Crippen molar-refractivity contribution < 1.29 is 17.9 Å². The minimum absolute atomic E-state index is 0.120. The Kier molecular flexibility index (Phi) is 4.53. The van der Waals surface area contributed by atoms with Crippen LogP contribution in [0.5, 0.6) is 0 Å². The number of aromatic nitrogens is 1. The van der Waals surface area contributed by atoms with E-state index in [1.165, 1.54) is 4.31 Å². The van der Waals surface area contributed by atoms with Gasteiger partial charge in [-0.1, -0.05) is 24.3 Å². The number of anilines is 1. The summed E-state index contributed by atoms with van der Waals surface area (Å²) in [7, 11) is -3.23. The average molecular weight is 382 g/mol. The van der Waals surface area contributed by atoms with Crippen molar-refractivity contribution in [3.05, 3.63) is 71.9 Å². The molecule has 27 heavy (non-hydrogen) atoms. The first-order chi connectivity index (χ1) is 13.0. The molecule has 0 radical (unpaired) electrons. The molecular weight excluding hydrogens is 364 g/mol. The number of nitrogens with zero attached hydrogens (tertiary/aromatic N) is 2. The van der Waals surface area contributed by atoms with Crippen LogP contribution in [0.3, 0.4) is 0 Å². The number of carbonyl (C=O) groups is 1. The van der Waals surface area contributed by atoms with Crippen LogP contribution in [0.25, 0.3) is 10.9 Å². The summed E-state index contributed by atoms with van der Waals surface area (Å²) in [6.07, 6.45) is 2.32. The Morgan fingerprint density at radius 2 is 1.85 bits per heavy atom. The zero-order chi connectivity index (χ0) is 18.9. The highest BCUT2D eigenvalue weighted by Gasteiger charge is 2.28. The number of para-hydroxylation sites is 1. The van der Waals surface area contributed by atoms with Crippen molar-refractivity contribution in [2.75, 3.05) is 16.6 Å². The van der Waals surface area contributed by atoms with Gasteiger partial charge in [0.2, 0.25) is 10.0 Å². The summed E-state index contributed by atoms with van der Waals surface area (Å²) < 4.78 is 30.7. The second kappa shape index (κ2) is 7.00. The number of fused-ring (bicyclic) bond motifs is 1. The molecule has 1 fully saturated rings. The summed E-state index contributed by atoms with van der Waals surface area (Å²) in [5, 5.41) is 0.988. The van der Waals surface area contributed by atoms with E-state index >= 15 is 0 Å². The summed E-state index contributed by atoms with van der Waals surface area (Å²) >= 11 is 0. The van der Waals surface area contributed by atoms with Crippen LogP contribution in [0.2, 0.25) is 0 Å². The zero-order valence-corrected chi connectivity index (χ0v) is 15.4. The van der Waals surface area contributed by atoms with E-state index in [9.17, 15) is 13.2 Å². The van der Waals surface area contributed by atoms with E-state index in [0.717, 1.165) is 16.5 Å². The largest absolute Gasteiger partial charge is 0.457 e. The van der Waals surface area contributed by atoms with Crippen molar-refractivity contribution in [2.45, 2.75) is 13.0 Å². The molecule has 6 nitrogen and oxygen atoms in total. The number of rotatable bonds is 4. The lowest BCUT2D eigenvalue weighted by atomic mass is 10.1.